The van der Waals surface area contributed by atoms with E-state index in [1.54, 1.807) is 37.4 Å². The third-order valence-electron chi connectivity index (χ3n) is 3.87. The maximum absolute atomic E-state index is 12.0. The van der Waals surface area contributed by atoms with Crippen LogP contribution in [0.4, 0.5) is 5.69 Å². The van der Waals surface area contributed by atoms with Gasteiger partial charge in [0.15, 0.2) is 5.58 Å². The minimum Gasteiger partial charge on any atom is -0.508 e. The molecule has 0 saturated carbocycles. The number of aromatic nitrogens is 1. The van der Waals surface area contributed by atoms with Crippen LogP contribution in [0.1, 0.15) is 5.56 Å². The van der Waals surface area contributed by atoms with Crippen LogP contribution in [0.2, 0.25) is 0 Å². The van der Waals surface area contributed by atoms with E-state index < -0.39 is 17.6 Å². The number of aryl methyl sites for hydroxylation is 1. The first-order valence-corrected chi connectivity index (χ1v) is 7.91. The molecule has 0 aliphatic heterocycles. The van der Waals surface area contributed by atoms with Crippen molar-refractivity contribution < 1.29 is 19.1 Å². The van der Waals surface area contributed by atoms with E-state index in [2.05, 4.69) is 10.6 Å². The first kappa shape index (κ1) is 17.3. The van der Waals surface area contributed by atoms with E-state index in [1.807, 2.05) is 6.07 Å². The van der Waals surface area contributed by atoms with E-state index in [1.165, 1.54) is 10.6 Å². The molecule has 1 heterocycles. The number of amides is 2. The van der Waals surface area contributed by atoms with Crippen molar-refractivity contribution in [2.24, 2.45) is 7.05 Å². The van der Waals surface area contributed by atoms with Crippen LogP contribution in [0.5, 0.6) is 5.75 Å². The lowest BCUT2D eigenvalue weighted by atomic mass is 10.1. The lowest BCUT2D eigenvalue weighted by molar-refractivity contribution is -0.136. The lowest BCUT2D eigenvalue weighted by Gasteiger charge is -2.07. The molecule has 134 valence electrons. The zero-order valence-electron chi connectivity index (χ0n) is 14.0. The number of carbonyl (C=O) groups excluding carboxylic acids is 2. The number of nitrogens with zero attached hydrogens (tertiary/aromatic N) is 1. The SMILES string of the molecule is Cn1c(=O)oc2cc(NC(=O)C(=O)NCCc3cccc(O)c3)ccc21. The highest BCUT2D eigenvalue weighted by Gasteiger charge is 2.14. The highest BCUT2D eigenvalue weighted by atomic mass is 16.4. The molecule has 0 spiro atoms. The van der Waals surface area contributed by atoms with Gasteiger partial charge in [-0.05, 0) is 36.2 Å². The van der Waals surface area contributed by atoms with Crippen molar-refractivity contribution in [1.82, 2.24) is 9.88 Å². The molecule has 0 aliphatic rings. The van der Waals surface area contributed by atoms with Gasteiger partial charge in [-0.25, -0.2) is 4.79 Å². The second kappa shape index (κ2) is 7.14. The molecule has 0 fully saturated rings. The van der Waals surface area contributed by atoms with E-state index >= 15 is 0 Å². The summed E-state index contributed by atoms with van der Waals surface area (Å²) in [5, 5.41) is 14.4. The molecule has 1 aromatic heterocycles. The summed E-state index contributed by atoms with van der Waals surface area (Å²) in [4.78, 5) is 35.3. The number of nitrogens with one attached hydrogen (secondary N) is 2. The van der Waals surface area contributed by atoms with Gasteiger partial charge in [0.1, 0.15) is 5.75 Å². The maximum atomic E-state index is 12.0. The number of phenols is 1. The summed E-state index contributed by atoms with van der Waals surface area (Å²) in [5.41, 5.74) is 2.10. The Bertz CT molecular complexity index is 1030. The van der Waals surface area contributed by atoms with Gasteiger partial charge in [0.2, 0.25) is 0 Å². The predicted octanol–water partition coefficient (Wildman–Crippen LogP) is 1.13. The molecular weight excluding hydrogens is 338 g/mol. The predicted molar refractivity (Wildman–Crippen MR) is 94.9 cm³/mol. The molecule has 26 heavy (non-hydrogen) atoms. The van der Waals surface area contributed by atoms with Gasteiger partial charge >= 0.3 is 17.6 Å². The van der Waals surface area contributed by atoms with Crippen molar-refractivity contribution in [3.8, 4) is 5.75 Å². The summed E-state index contributed by atoms with van der Waals surface area (Å²) in [6, 6.07) is 11.3. The molecule has 3 rings (SSSR count). The Morgan fingerprint density at radius 1 is 1.15 bits per heavy atom. The van der Waals surface area contributed by atoms with Gasteiger partial charge in [-0.2, -0.15) is 0 Å². The molecule has 0 radical (unpaired) electrons. The average molecular weight is 355 g/mol. The summed E-state index contributed by atoms with van der Waals surface area (Å²) in [5.74, 6) is -1.96. The van der Waals surface area contributed by atoms with Crippen molar-refractivity contribution in [1.29, 1.82) is 0 Å². The average Bonchev–Trinajstić information content (AvgIpc) is 2.88. The molecule has 2 aromatic carbocycles. The smallest absolute Gasteiger partial charge is 0.419 e. The molecule has 0 unspecified atom stereocenters. The molecule has 3 N–H and O–H groups in total. The maximum Gasteiger partial charge on any atom is 0.419 e. The topological polar surface area (TPSA) is 114 Å². The Kier molecular flexibility index (Phi) is 4.74. The summed E-state index contributed by atoms with van der Waals surface area (Å²) in [6.07, 6.45) is 0.481. The van der Waals surface area contributed by atoms with Crippen molar-refractivity contribution in [3.05, 3.63) is 58.6 Å². The van der Waals surface area contributed by atoms with E-state index in [-0.39, 0.29) is 12.3 Å². The molecule has 2 amide bonds. The van der Waals surface area contributed by atoms with Crippen molar-refractivity contribution in [2.45, 2.75) is 6.42 Å². The van der Waals surface area contributed by atoms with Gasteiger partial charge in [-0.15, -0.1) is 0 Å². The quantitative estimate of drug-likeness (QED) is 0.607. The van der Waals surface area contributed by atoms with Crippen LogP contribution in [-0.2, 0) is 23.1 Å². The summed E-state index contributed by atoms with van der Waals surface area (Å²) in [7, 11) is 1.58. The van der Waals surface area contributed by atoms with Crippen LogP contribution in [0, 0.1) is 0 Å². The Balaban J connectivity index is 1.57. The van der Waals surface area contributed by atoms with Crippen LogP contribution in [-0.4, -0.2) is 28.0 Å². The minimum atomic E-state index is -0.821. The fourth-order valence-corrected chi connectivity index (χ4v) is 2.51. The van der Waals surface area contributed by atoms with Crippen molar-refractivity contribution >= 4 is 28.6 Å². The van der Waals surface area contributed by atoms with Gasteiger partial charge < -0.3 is 20.2 Å². The number of oxazole rings is 1. The Morgan fingerprint density at radius 2 is 1.96 bits per heavy atom. The zero-order chi connectivity index (χ0) is 18.7. The monoisotopic (exact) mass is 355 g/mol. The number of rotatable bonds is 4. The Hall–Kier alpha value is -3.55. The Labute approximate surface area is 148 Å². The minimum absolute atomic E-state index is 0.148. The second-order valence-corrected chi connectivity index (χ2v) is 5.74. The number of hydrogen-bond acceptors (Lipinski definition) is 5. The number of benzene rings is 2. The number of aromatic hydroxyl groups is 1. The molecule has 3 aromatic rings. The Morgan fingerprint density at radius 3 is 2.73 bits per heavy atom. The van der Waals surface area contributed by atoms with E-state index in [9.17, 15) is 19.5 Å². The number of hydrogen-bond donors (Lipinski definition) is 3. The second-order valence-electron chi connectivity index (χ2n) is 5.74. The fourth-order valence-electron chi connectivity index (χ4n) is 2.51. The standard InChI is InChI=1S/C18H17N3O5/c1-21-14-6-5-12(10-15(14)26-18(21)25)20-17(24)16(23)19-8-7-11-3-2-4-13(22)9-11/h2-6,9-10,22H,7-8H2,1H3,(H,19,23)(H,20,24). The van der Waals surface area contributed by atoms with E-state index in [0.717, 1.165) is 5.56 Å². The molecular formula is C18H17N3O5. The fraction of sp³-hybridized carbons (Fsp3) is 0.167. The van der Waals surface area contributed by atoms with Crippen molar-refractivity contribution in [3.63, 3.8) is 0 Å². The van der Waals surface area contributed by atoms with Crippen molar-refractivity contribution in [2.75, 3.05) is 11.9 Å². The highest BCUT2D eigenvalue weighted by molar-refractivity contribution is 6.39. The largest absolute Gasteiger partial charge is 0.508 e. The molecule has 8 heteroatoms. The van der Waals surface area contributed by atoms with Crippen LogP contribution in [0.25, 0.3) is 11.1 Å². The van der Waals surface area contributed by atoms with E-state index in [0.29, 0.717) is 23.2 Å². The number of anilines is 1. The van der Waals surface area contributed by atoms with Gasteiger partial charge in [-0.3, -0.25) is 14.2 Å². The zero-order valence-corrected chi connectivity index (χ0v) is 14.0. The molecule has 0 saturated heterocycles. The molecule has 0 aliphatic carbocycles. The van der Waals surface area contributed by atoms with Crippen LogP contribution in [0.3, 0.4) is 0 Å². The molecule has 0 atom stereocenters. The van der Waals surface area contributed by atoms with Crippen LogP contribution < -0.4 is 16.4 Å². The first-order valence-electron chi connectivity index (χ1n) is 7.91. The molecule has 0 bridgehead atoms. The summed E-state index contributed by atoms with van der Waals surface area (Å²) in [6.45, 7) is 0.252. The summed E-state index contributed by atoms with van der Waals surface area (Å²) >= 11 is 0. The normalized spacial score (nSPS) is 10.7. The van der Waals surface area contributed by atoms with Crippen LogP contribution in [0.15, 0.2) is 51.7 Å². The first-order chi connectivity index (χ1) is 12.4. The highest BCUT2D eigenvalue weighted by Crippen LogP contribution is 2.17. The third-order valence-corrected chi connectivity index (χ3v) is 3.87. The lowest BCUT2D eigenvalue weighted by Crippen LogP contribution is -2.36. The third kappa shape index (κ3) is 3.75. The van der Waals surface area contributed by atoms with Crippen LogP contribution >= 0.6 is 0 Å². The molecule has 8 nitrogen and oxygen atoms in total. The number of carbonyl (C=O) groups is 2. The van der Waals surface area contributed by atoms with Gasteiger partial charge in [0.05, 0.1) is 5.52 Å². The van der Waals surface area contributed by atoms with E-state index in [4.69, 9.17) is 4.42 Å². The number of fused-ring (bicyclic) bond motifs is 1. The summed E-state index contributed by atoms with van der Waals surface area (Å²) < 4.78 is 6.38. The number of phenolic OH excluding ortho intramolecular Hbond substituents is 1. The van der Waals surface area contributed by atoms with Gasteiger partial charge in [0.25, 0.3) is 0 Å². The van der Waals surface area contributed by atoms with Gasteiger partial charge in [0, 0.05) is 25.3 Å². The van der Waals surface area contributed by atoms with Gasteiger partial charge in [-0.1, -0.05) is 12.1 Å².